The summed E-state index contributed by atoms with van der Waals surface area (Å²) in [7, 11) is 3.18. The van der Waals surface area contributed by atoms with Crippen molar-refractivity contribution < 1.29 is 23.8 Å². The van der Waals surface area contributed by atoms with Crippen LogP contribution in [0.1, 0.15) is 43.2 Å². The van der Waals surface area contributed by atoms with Gasteiger partial charge < -0.3 is 19.1 Å². The van der Waals surface area contributed by atoms with E-state index in [1.165, 1.54) is 11.8 Å². The van der Waals surface area contributed by atoms with E-state index in [4.69, 9.17) is 14.2 Å². The molecule has 1 fully saturated rings. The maximum absolute atomic E-state index is 12.4. The smallest absolute Gasteiger partial charge is 0.410 e. The maximum atomic E-state index is 12.4. The van der Waals surface area contributed by atoms with Crippen LogP contribution < -0.4 is 4.74 Å². The van der Waals surface area contributed by atoms with Crippen LogP contribution in [0.3, 0.4) is 0 Å². The first-order valence-electron chi connectivity index (χ1n) is 7.89. The van der Waals surface area contributed by atoms with Gasteiger partial charge in [-0.25, -0.2) is 14.3 Å². The molecular formula is C16H25N3O5. The molecule has 8 nitrogen and oxygen atoms in total. The van der Waals surface area contributed by atoms with E-state index in [0.29, 0.717) is 36.6 Å². The second-order valence-corrected chi connectivity index (χ2v) is 6.84. The Hall–Kier alpha value is -2.25. The van der Waals surface area contributed by atoms with E-state index in [2.05, 4.69) is 5.10 Å². The highest BCUT2D eigenvalue weighted by Crippen LogP contribution is 2.24. The summed E-state index contributed by atoms with van der Waals surface area (Å²) in [6.45, 7) is 7.99. The Morgan fingerprint density at radius 1 is 1.29 bits per heavy atom. The first kappa shape index (κ1) is 18.1. The van der Waals surface area contributed by atoms with Crippen molar-refractivity contribution >= 4 is 12.1 Å². The molecule has 1 atom stereocenters. The molecule has 1 aromatic rings. The average Bonchev–Trinajstić information content (AvgIpc) is 3.00. The molecule has 0 N–H and O–H groups in total. The van der Waals surface area contributed by atoms with E-state index in [9.17, 15) is 9.59 Å². The molecule has 0 radical (unpaired) electrons. The summed E-state index contributed by atoms with van der Waals surface area (Å²) in [4.78, 5) is 26.0. The van der Waals surface area contributed by atoms with Gasteiger partial charge in [0.25, 0.3) is 0 Å². The van der Waals surface area contributed by atoms with Crippen LogP contribution in [-0.2, 0) is 16.5 Å². The van der Waals surface area contributed by atoms with E-state index in [1.807, 2.05) is 20.8 Å². The Labute approximate surface area is 141 Å². The Balaban J connectivity index is 1.99. The normalized spacial score (nSPS) is 17.8. The largest absolute Gasteiger partial charge is 0.481 e. The van der Waals surface area contributed by atoms with Gasteiger partial charge in [0.15, 0.2) is 0 Å². The molecular weight excluding hydrogens is 314 g/mol. The number of ether oxygens (including phenoxy) is 3. The van der Waals surface area contributed by atoms with Gasteiger partial charge in [0.05, 0.1) is 19.3 Å². The molecule has 1 aromatic heterocycles. The molecule has 1 aliphatic heterocycles. The molecule has 0 bridgehead atoms. The molecule has 1 saturated heterocycles. The molecule has 0 aromatic carbocycles. The summed E-state index contributed by atoms with van der Waals surface area (Å²) in [6, 6.07) is 0. The van der Waals surface area contributed by atoms with Crippen LogP contribution in [0.2, 0.25) is 0 Å². The summed E-state index contributed by atoms with van der Waals surface area (Å²) in [5.74, 6) is -0.131. The number of likely N-dealkylation sites (tertiary alicyclic amines) is 1. The SMILES string of the molecule is COc1c(C(=O)O[C@H]2CCN(C(=O)OC(C)(C)C)C2)c(C)nn1C. The van der Waals surface area contributed by atoms with Crippen molar-refractivity contribution in [2.24, 2.45) is 7.05 Å². The van der Waals surface area contributed by atoms with Gasteiger partial charge in [-0.1, -0.05) is 0 Å². The first-order chi connectivity index (χ1) is 11.1. The highest BCUT2D eigenvalue weighted by Gasteiger charge is 2.33. The van der Waals surface area contributed by atoms with Crippen molar-refractivity contribution in [3.05, 3.63) is 11.3 Å². The van der Waals surface area contributed by atoms with E-state index in [-0.39, 0.29) is 6.10 Å². The fourth-order valence-electron chi connectivity index (χ4n) is 2.63. The molecule has 0 unspecified atom stereocenters. The van der Waals surface area contributed by atoms with Crippen molar-refractivity contribution in [3.8, 4) is 5.88 Å². The lowest BCUT2D eigenvalue weighted by Gasteiger charge is -2.24. The molecule has 2 heterocycles. The molecule has 134 valence electrons. The minimum absolute atomic E-state index is 0.315. The zero-order valence-corrected chi connectivity index (χ0v) is 15.1. The van der Waals surface area contributed by atoms with Crippen LogP contribution >= 0.6 is 0 Å². The number of aromatic nitrogens is 2. The fourth-order valence-corrected chi connectivity index (χ4v) is 2.63. The predicted octanol–water partition coefficient (Wildman–Crippen LogP) is 1.90. The average molecular weight is 339 g/mol. The lowest BCUT2D eigenvalue weighted by Crippen LogP contribution is -2.36. The Morgan fingerprint density at radius 2 is 1.96 bits per heavy atom. The third-order valence-electron chi connectivity index (χ3n) is 3.64. The van der Waals surface area contributed by atoms with Crippen LogP contribution in [0.15, 0.2) is 0 Å². The third-order valence-corrected chi connectivity index (χ3v) is 3.64. The van der Waals surface area contributed by atoms with E-state index in [0.717, 1.165) is 0 Å². The monoisotopic (exact) mass is 339 g/mol. The maximum Gasteiger partial charge on any atom is 0.410 e. The van der Waals surface area contributed by atoms with Gasteiger partial charge in [0, 0.05) is 20.0 Å². The third kappa shape index (κ3) is 3.98. The second-order valence-electron chi connectivity index (χ2n) is 6.84. The van der Waals surface area contributed by atoms with Crippen molar-refractivity contribution in [1.29, 1.82) is 0 Å². The number of nitrogens with zero attached hydrogens (tertiary/aromatic N) is 3. The molecule has 0 spiro atoms. The van der Waals surface area contributed by atoms with Gasteiger partial charge in [-0.3, -0.25) is 0 Å². The summed E-state index contributed by atoms with van der Waals surface area (Å²) in [5.41, 5.74) is 0.309. The topological polar surface area (TPSA) is 82.9 Å². The fraction of sp³-hybridized carbons (Fsp3) is 0.688. The number of carbonyl (C=O) groups excluding carboxylic acids is 2. The molecule has 24 heavy (non-hydrogen) atoms. The summed E-state index contributed by atoms with van der Waals surface area (Å²) in [6.07, 6.45) is -0.183. The number of hydrogen-bond acceptors (Lipinski definition) is 6. The highest BCUT2D eigenvalue weighted by atomic mass is 16.6. The number of esters is 1. The number of hydrogen-bond donors (Lipinski definition) is 0. The molecule has 1 amide bonds. The van der Waals surface area contributed by atoms with Crippen molar-refractivity contribution in [2.45, 2.75) is 45.8 Å². The Morgan fingerprint density at radius 3 is 2.54 bits per heavy atom. The predicted molar refractivity (Wildman–Crippen MR) is 86.1 cm³/mol. The van der Waals surface area contributed by atoms with Crippen LogP contribution in [-0.4, -0.2) is 58.6 Å². The second kappa shape index (κ2) is 6.70. The standard InChI is InChI=1S/C16H25N3O5/c1-10-12(13(22-6)18(5)17-10)14(20)23-11-7-8-19(9-11)15(21)24-16(2,3)4/h11H,7-9H2,1-6H3/t11-/m0/s1. The summed E-state index contributed by atoms with van der Waals surface area (Å²) in [5, 5.41) is 4.17. The number of amides is 1. The number of carbonyl (C=O) groups is 2. The van der Waals surface area contributed by atoms with Gasteiger partial charge >= 0.3 is 12.1 Å². The molecule has 0 aliphatic carbocycles. The molecule has 0 saturated carbocycles. The molecule has 1 aliphatic rings. The van der Waals surface area contributed by atoms with Crippen LogP contribution in [0.25, 0.3) is 0 Å². The lowest BCUT2D eigenvalue weighted by atomic mass is 10.2. The Kier molecular flexibility index (Phi) is 5.05. The van der Waals surface area contributed by atoms with E-state index in [1.54, 1.807) is 18.9 Å². The van der Waals surface area contributed by atoms with Gasteiger partial charge in [-0.15, -0.1) is 0 Å². The number of aryl methyl sites for hydroxylation is 2. The van der Waals surface area contributed by atoms with Crippen molar-refractivity contribution in [2.75, 3.05) is 20.2 Å². The van der Waals surface area contributed by atoms with Gasteiger partial charge in [0.1, 0.15) is 17.3 Å². The van der Waals surface area contributed by atoms with Gasteiger partial charge in [-0.05, 0) is 27.7 Å². The lowest BCUT2D eigenvalue weighted by molar-refractivity contribution is 0.0189. The zero-order chi connectivity index (χ0) is 18.1. The molecule has 2 rings (SSSR count). The van der Waals surface area contributed by atoms with Crippen LogP contribution in [0, 0.1) is 6.92 Å². The van der Waals surface area contributed by atoms with Crippen molar-refractivity contribution in [3.63, 3.8) is 0 Å². The minimum Gasteiger partial charge on any atom is -0.481 e. The van der Waals surface area contributed by atoms with Crippen molar-refractivity contribution in [1.82, 2.24) is 14.7 Å². The van der Waals surface area contributed by atoms with Gasteiger partial charge in [-0.2, -0.15) is 5.10 Å². The quantitative estimate of drug-likeness (QED) is 0.782. The zero-order valence-electron chi connectivity index (χ0n) is 15.1. The van der Waals surface area contributed by atoms with Crippen LogP contribution in [0.5, 0.6) is 5.88 Å². The Bertz CT molecular complexity index is 632. The molecule has 8 heteroatoms. The highest BCUT2D eigenvalue weighted by molar-refractivity contribution is 5.93. The van der Waals surface area contributed by atoms with E-state index < -0.39 is 17.7 Å². The summed E-state index contributed by atoms with van der Waals surface area (Å²) >= 11 is 0. The number of rotatable bonds is 3. The van der Waals surface area contributed by atoms with Gasteiger partial charge in [0.2, 0.25) is 5.88 Å². The van der Waals surface area contributed by atoms with E-state index >= 15 is 0 Å². The van der Waals surface area contributed by atoms with Crippen LogP contribution in [0.4, 0.5) is 4.79 Å². The first-order valence-corrected chi connectivity index (χ1v) is 7.89. The summed E-state index contributed by atoms with van der Waals surface area (Å²) < 4.78 is 17.6. The number of methoxy groups -OCH3 is 1. The minimum atomic E-state index is -0.550.